The second kappa shape index (κ2) is 9.55. The Morgan fingerprint density at radius 3 is 2.17 bits per heavy atom. The molecular weight excluding hydrogens is 396 g/mol. The number of carbonyl (C=O) groups is 2. The molecule has 2 amide bonds. The molecule has 1 aliphatic heterocycles. The van der Waals surface area contributed by atoms with Crippen LogP contribution in [-0.2, 0) is 19.6 Å². The third-order valence-electron chi connectivity index (χ3n) is 4.23. The van der Waals surface area contributed by atoms with Crippen molar-refractivity contribution in [1.82, 2.24) is 14.5 Å². The van der Waals surface area contributed by atoms with Crippen LogP contribution in [0.3, 0.4) is 0 Å². The van der Waals surface area contributed by atoms with Gasteiger partial charge in [0.15, 0.2) is 0 Å². The highest BCUT2D eigenvalue weighted by molar-refractivity contribution is 7.89. The number of nitrogens with one attached hydrogen (secondary N) is 2. The number of sulfonamides is 1. The van der Waals surface area contributed by atoms with E-state index in [1.807, 2.05) is 20.8 Å². The van der Waals surface area contributed by atoms with E-state index in [0.29, 0.717) is 38.4 Å². The average molecular weight is 427 g/mol. The van der Waals surface area contributed by atoms with E-state index in [9.17, 15) is 18.0 Å². The lowest BCUT2D eigenvalue weighted by molar-refractivity contribution is -0.114. The van der Waals surface area contributed by atoms with Gasteiger partial charge in [-0.2, -0.15) is 0 Å². The van der Waals surface area contributed by atoms with E-state index in [1.165, 1.54) is 19.1 Å². The summed E-state index contributed by atoms with van der Waals surface area (Å²) in [4.78, 5) is 27.0. The summed E-state index contributed by atoms with van der Waals surface area (Å²) in [5.41, 5.74) is 0.0200. The number of ether oxygens (including phenoxy) is 1. The van der Waals surface area contributed by atoms with E-state index in [0.717, 1.165) is 0 Å². The molecule has 0 radical (unpaired) electrons. The second-order valence-corrected chi connectivity index (χ2v) is 9.68. The largest absolute Gasteiger partial charge is 0.444 e. The number of rotatable bonds is 6. The zero-order valence-corrected chi connectivity index (χ0v) is 18.2. The predicted molar refractivity (Wildman–Crippen MR) is 110 cm³/mol. The molecule has 2 N–H and O–H groups in total. The molecule has 9 nitrogen and oxygen atoms in total. The van der Waals surface area contributed by atoms with Crippen molar-refractivity contribution in [2.75, 3.05) is 44.6 Å². The zero-order chi connectivity index (χ0) is 21.7. The van der Waals surface area contributed by atoms with Crippen LogP contribution in [0.2, 0.25) is 0 Å². The minimum Gasteiger partial charge on any atom is -0.444 e. The normalized spacial score (nSPS) is 15.8. The van der Waals surface area contributed by atoms with Gasteiger partial charge >= 0.3 is 6.09 Å². The van der Waals surface area contributed by atoms with Gasteiger partial charge in [-0.15, -0.1) is 0 Å². The molecule has 0 atom stereocenters. The molecule has 162 valence electrons. The molecule has 1 aromatic rings. The van der Waals surface area contributed by atoms with E-state index >= 15 is 0 Å². The summed E-state index contributed by atoms with van der Waals surface area (Å²) in [6.45, 7) is 10.1. The maximum atomic E-state index is 12.4. The van der Waals surface area contributed by atoms with Crippen molar-refractivity contribution < 1.29 is 22.7 Å². The van der Waals surface area contributed by atoms with Crippen molar-refractivity contribution in [1.29, 1.82) is 0 Å². The lowest BCUT2D eigenvalue weighted by Crippen LogP contribution is -2.51. The van der Waals surface area contributed by atoms with Gasteiger partial charge in [-0.05, 0) is 45.0 Å². The average Bonchev–Trinajstić information content (AvgIpc) is 2.60. The van der Waals surface area contributed by atoms with E-state index in [-0.39, 0.29) is 23.4 Å². The van der Waals surface area contributed by atoms with E-state index < -0.39 is 15.6 Å². The minimum absolute atomic E-state index is 0.140. The van der Waals surface area contributed by atoms with Crippen LogP contribution < -0.4 is 10.0 Å². The summed E-state index contributed by atoms with van der Waals surface area (Å²) in [5.74, 6) is -0.217. The molecule has 2 rings (SSSR count). The van der Waals surface area contributed by atoms with Gasteiger partial charge in [0.1, 0.15) is 5.60 Å². The first-order valence-corrected chi connectivity index (χ1v) is 11.0. The van der Waals surface area contributed by atoms with E-state index in [1.54, 1.807) is 17.0 Å². The number of amides is 2. The Morgan fingerprint density at radius 2 is 1.66 bits per heavy atom. The van der Waals surface area contributed by atoms with E-state index in [4.69, 9.17) is 4.74 Å². The van der Waals surface area contributed by atoms with Gasteiger partial charge in [0.05, 0.1) is 4.90 Å². The summed E-state index contributed by atoms with van der Waals surface area (Å²) in [5, 5.41) is 2.60. The smallest absolute Gasteiger partial charge is 0.410 e. The van der Waals surface area contributed by atoms with Crippen molar-refractivity contribution in [3.8, 4) is 0 Å². The van der Waals surface area contributed by atoms with Crippen LogP contribution in [0, 0.1) is 0 Å². The number of anilines is 1. The fourth-order valence-corrected chi connectivity index (χ4v) is 3.84. The molecular formula is C19H30N4O5S. The van der Waals surface area contributed by atoms with Gasteiger partial charge < -0.3 is 15.0 Å². The molecule has 1 fully saturated rings. The maximum absolute atomic E-state index is 12.4. The summed E-state index contributed by atoms with van der Waals surface area (Å²) in [6, 6.07) is 6.00. The third-order valence-corrected chi connectivity index (χ3v) is 5.71. The van der Waals surface area contributed by atoms with Crippen LogP contribution >= 0.6 is 0 Å². The van der Waals surface area contributed by atoms with Gasteiger partial charge in [0.25, 0.3) is 0 Å². The number of carbonyl (C=O) groups excluding carboxylic acids is 2. The number of nitrogens with zero attached hydrogens (tertiary/aromatic N) is 2. The quantitative estimate of drug-likeness (QED) is 0.713. The molecule has 0 aromatic heterocycles. The first-order chi connectivity index (χ1) is 13.5. The molecule has 0 spiro atoms. The molecule has 1 saturated heterocycles. The van der Waals surface area contributed by atoms with Crippen molar-refractivity contribution >= 4 is 27.7 Å². The molecule has 0 saturated carbocycles. The number of benzene rings is 1. The van der Waals surface area contributed by atoms with Gasteiger partial charge in [0.2, 0.25) is 15.9 Å². The lowest BCUT2D eigenvalue weighted by Gasteiger charge is -2.35. The van der Waals surface area contributed by atoms with Crippen molar-refractivity contribution in [2.24, 2.45) is 0 Å². The lowest BCUT2D eigenvalue weighted by atomic mass is 10.2. The fourth-order valence-electron chi connectivity index (χ4n) is 2.82. The summed E-state index contributed by atoms with van der Waals surface area (Å²) >= 11 is 0. The van der Waals surface area contributed by atoms with Gasteiger partial charge in [0, 0.05) is 51.9 Å². The number of hydrogen-bond donors (Lipinski definition) is 2. The molecule has 10 heteroatoms. The summed E-state index contributed by atoms with van der Waals surface area (Å²) < 4.78 is 32.7. The number of piperazine rings is 1. The highest BCUT2D eigenvalue weighted by Gasteiger charge is 2.25. The van der Waals surface area contributed by atoms with E-state index in [2.05, 4.69) is 14.9 Å². The predicted octanol–water partition coefficient (Wildman–Crippen LogP) is 1.48. The van der Waals surface area contributed by atoms with Crippen LogP contribution in [0.15, 0.2) is 29.2 Å². The van der Waals surface area contributed by atoms with Crippen LogP contribution in [0.5, 0.6) is 0 Å². The Bertz CT molecular complexity index is 810. The van der Waals surface area contributed by atoms with Gasteiger partial charge in [-0.3, -0.25) is 9.69 Å². The fraction of sp³-hybridized carbons (Fsp3) is 0.579. The first-order valence-electron chi connectivity index (χ1n) is 9.54. The Balaban J connectivity index is 1.77. The van der Waals surface area contributed by atoms with Crippen LogP contribution in [-0.4, -0.2) is 75.1 Å². The zero-order valence-electron chi connectivity index (χ0n) is 17.4. The van der Waals surface area contributed by atoms with Crippen LogP contribution in [0.1, 0.15) is 27.7 Å². The molecule has 1 aliphatic rings. The van der Waals surface area contributed by atoms with Crippen LogP contribution in [0.4, 0.5) is 10.5 Å². The molecule has 0 unspecified atom stereocenters. The minimum atomic E-state index is -3.62. The maximum Gasteiger partial charge on any atom is 0.410 e. The topological polar surface area (TPSA) is 108 Å². The first kappa shape index (κ1) is 23.1. The van der Waals surface area contributed by atoms with Gasteiger partial charge in [-0.1, -0.05) is 0 Å². The second-order valence-electron chi connectivity index (χ2n) is 7.91. The molecule has 1 heterocycles. The summed E-state index contributed by atoms with van der Waals surface area (Å²) in [7, 11) is -3.62. The Hall–Kier alpha value is -2.17. The van der Waals surface area contributed by atoms with Crippen molar-refractivity contribution in [3.63, 3.8) is 0 Å². The molecule has 0 aliphatic carbocycles. The highest BCUT2D eigenvalue weighted by Crippen LogP contribution is 2.14. The SMILES string of the molecule is CC(=O)Nc1ccc(S(=O)(=O)NCCN2CCN(C(=O)OC(C)(C)C)CC2)cc1. The molecule has 0 bridgehead atoms. The monoisotopic (exact) mass is 426 g/mol. The standard InChI is InChI=1S/C19H30N4O5S/c1-15(24)21-16-5-7-17(8-6-16)29(26,27)20-9-10-22-11-13-23(14-12-22)18(25)28-19(2,3)4/h5-8,20H,9-14H2,1-4H3,(H,21,24). The van der Waals surface area contributed by atoms with Crippen molar-refractivity contribution in [3.05, 3.63) is 24.3 Å². The van der Waals surface area contributed by atoms with Gasteiger partial charge in [-0.25, -0.2) is 17.9 Å². The Kier molecular flexibility index (Phi) is 7.61. The number of hydrogen-bond acceptors (Lipinski definition) is 6. The Morgan fingerprint density at radius 1 is 1.07 bits per heavy atom. The van der Waals surface area contributed by atoms with Crippen molar-refractivity contribution in [2.45, 2.75) is 38.2 Å². The molecule has 29 heavy (non-hydrogen) atoms. The third kappa shape index (κ3) is 7.64. The van der Waals surface area contributed by atoms with Crippen LogP contribution in [0.25, 0.3) is 0 Å². The Labute approximate surface area is 172 Å². The highest BCUT2D eigenvalue weighted by atomic mass is 32.2. The summed E-state index contributed by atoms with van der Waals surface area (Å²) in [6.07, 6.45) is -0.319. The molecule has 1 aromatic carbocycles.